The molecule has 1 atom stereocenters. The molecule has 1 aliphatic heterocycles. The van der Waals surface area contributed by atoms with Gasteiger partial charge in [-0.05, 0) is 0 Å². The molecule has 1 fully saturated rings. The van der Waals surface area contributed by atoms with Crippen LogP contribution in [0.4, 0.5) is 39.5 Å². The fraction of sp³-hybridized carbons (Fsp3) is 0.778. The van der Waals surface area contributed by atoms with Crippen molar-refractivity contribution in [3.05, 3.63) is 12.3 Å². The molecule has 1 unspecified atom stereocenters. The summed E-state index contributed by atoms with van der Waals surface area (Å²) in [6, 6.07) is 0. The molecular formula is C9H7F9O. The van der Waals surface area contributed by atoms with Crippen LogP contribution in [0.5, 0.6) is 0 Å². The van der Waals surface area contributed by atoms with Crippen LogP contribution in [0, 0.1) is 0 Å². The van der Waals surface area contributed by atoms with Crippen molar-refractivity contribution < 1.29 is 44.3 Å². The van der Waals surface area contributed by atoms with Gasteiger partial charge in [0.15, 0.2) is 0 Å². The number of alkyl halides is 9. The summed E-state index contributed by atoms with van der Waals surface area (Å²) in [7, 11) is 0. The van der Waals surface area contributed by atoms with Gasteiger partial charge in [0, 0.05) is 6.42 Å². The van der Waals surface area contributed by atoms with Crippen molar-refractivity contribution in [3.8, 4) is 0 Å². The van der Waals surface area contributed by atoms with E-state index in [1.54, 1.807) is 0 Å². The molecule has 0 radical (unpaired) electrons. The summed E-state index contributed by atoms with van der Waals surface area (Å²) in [6.07, 6.45) is -10.6. The van der Waals surface area contributed by atoms with Gasteiger partial charge in [-0.3, -0.25) is 0 Å². The Morgan fingerprint density at radius 3 is 1.68 bits per heavy atom. The number of hydrogen-bond donors (Lipinski definition) is 0. The Morgan fingerprint density at radius 2 is 1.37 bits per heavy atom. The molecule has 10 heteroatoms. The van der Waals surface area contributed by atoms with Gasteiger partial charge in [-0.2, -0.15) is 39.5 Å². The van der Waals surface area contributed by atoms with E-state index in [-0.39, 0.29) is 12.2 Å². The van der Waals surface area contributed by atoms with Crippen LogP contribution in [-0.2, 0) is 4.74 Å². The highest BCUT2D eigenvalue weighted by Crippen LogP contribution is 2.55. The van der Waals surface area contributed by atoms with Crippen molar-refractivity contribution >= 4 is 0 Å². The number of rotatable bonds is 4. The van der Waals surface area contributed by atoms with Gasteiger partial charge in [-0.15, -0.1) is 0 Å². The minimum absolute atomic E-state index is 0.0355. The fourth-order valence-corrected chi connectivity index (χ4v) is 1.42. The standard InChI is InChI=1S/C9H7F9O/c1-4-2-5(19-4)3-6(10,11)7(12,13)8(14,15)9(16,17)18/h5H,1-3H2. The summed E-state index contributed by atoms with van der Waals surface area (Å²) in [5.74, 6) is -19.0. The van der Waals surface area contributed by atoms with Crippen molar-refractivity contribution in [2.75, 3.05) is 0 Å². The summed E-state index contributed by atoms with van der Waals surface area (Å²) in [4.78, 5) is 0. The second-order valence-corrected chi connectivity index (χ2v) is 4.04. The van der Waals surface area contributed by atoms with Crippen molar-refractivity contribution in [2.45, 2.75) is 42.9 Å². The Bertz CT molecular complexity index is 362. The van der Waals surface area contributed by atoms with Crippen molar-refractivity contribution in [2.24, 2.45) is 0 Å². The van der Waals surface area contributed by atoms with E-state index in [9.17, 15) is 39.5 Å². The molecule has 0 saturated carbocycles. The molecule has 0 spiro atoms. The van der Waals surface area contributed by atoms with Gasteiger partial charge in [0.05, 0.1) is 12.2 Å². The minimum Gasteiger partial charge on any atom is -0.495 e. The van der Waals surface area contributed by atoms with E-state index in [0.717, 1.165) is 0 Å². The maximum atomic E-state index is 13.0. The second kappa shape index (κ2) is 4.20. The summed E-state index contributed by atoms with van der Waals surface area (Å²) in [5.41, 5.74) is 0. The van der Waals surface area contributed by atoms with Crippen LogP contribution in [0.2, 0.25) is 0 Å². The normalized spacial score (nSPS) is 21.9. The first-order chi connectivity index (χ1) is 8.22. The predicted octanol–water partition coefficient (Wildman–Crippen LogP) is 4.15. The molecular weight excluding hydrogens is 295 g/mol. The fourth-order valence-electron chi connectivity index (χ4n) is 1.42. The van der Waals surface area contributed by atoms with Crippen LogP contribution >= 0.6 is 0 Å². The van der Waals surface area contributed by atoms with Crippen molar-refractivity contribution in [1.82, 2.24) is 0 Å². The van der Waals surface area contributed by atoms with Gasteiger partial charge in [-0.25, -0.2) is 0 Å². The van der Waals surface area contributed by atoms with E-state index in [0.29, 0.717) is 0 Å². The SMILES string of the molecule is C=C1CC(CC(F)(F)C(F)(F)C(F)(F)C(F)(F)F)O1. The van der Waals surface area contributed by atoms with Gasteiger partial charge < -0.3 is 4.74 Å². The van der Waals surface area contributed by atoms with Gasteiger partial charge >= 0.3 is 23.9 Å². The molecule has 1 rings (SSSR count). The average molecular weight is 302 g/mol. The highest BCUT2D eigenvalue weighted by molar-refractivity contribution is 5.05. The highest BCUT2D eigenvalue weighted by atomic mass is 19.4. The Hall–Kier alpha value is -1.09. The Balaban J connectivity index is 2.93. The van der Waals surface area contributed by atoms with Crippen LogP contribution in [0.1, 0.15) is 12.8 Å². The smallest absolute Gasteiger partial charge is 0.460 e. The molecule has 19 heavy (non-hydrogen) atoms. The first-order valence-corrected chi connectivity index (χ1v) is 4.77. The first-order valence-electron chi connectivity index (χ1n) is 4.77. The predicted molar refractivity (Wildman–Crippen MR) is 44.1 cm³/mol. The van der Waals surface area contributed by atoms with E-state index in [1.807, 2.05) is 0 Å². The monoisotopic (exact) mass is 302 g/mol. The molecule has 112 valence electrons. The lowest BCUT2D eigenvalue weighted by Crippen LogP contribution is -2.61. The van der Waals surface area contributed by atoms with Crippen LogP contribution in [0.15, 0.2) is 12.3 Å². The first kappa shape index (κ1) is 16.0. The van der Waals surface area contributed by atoms with Gasteiger partial charge in [-0.1, -0.05) is 6.58 Å². The zero-order valence-corrected chi connectivity index (χ0v) is 9.01. The lowest BCUT2D eigenvalue weighted by molar-refractivity contribution is -0.399. The number of halogens is 9. The zero-order chi connectivity index (χ0) is 15.3. The van der Waals surface area contributed by atoms with Crippen LogP contribution in [-0.4, -0.2) is 30.0 Å². The highest BCUT2D eigenvalue weighted by Gasteiger charge is 2.81. The minimum atomic E-state index is -6.84. The summed E-state index contributed by atoms with van der Waals surface area (Å²) >= 11 is 0. The van der Waals surface area contributed by atoms with Crippen LogP contribution < -0.4 is 0 Å². The molecule has 1 saturated heterocycles. The van der Waals surface area contributed by atoms with E-state index < -0.39 is 36.5 Å². The van der Waals surface area contributed by atoms with E-state index in [2.05, 4.69) is 11.3 Å². The maximum absolute atomic E-state index is 13.0. The largest absolute Gasteiger partial charge is 0.495 e. The van der Waals surface area contributed by atoms with E-state index in [4.69, 9.17) is 0 Å². The van der Waals surface area contributed by atoms with Gasteiger partial charge in [0.2, 0.25) is 0 Å². The Labute approximate surface area is 101 Å². The summed E-state index contributed by atoms with van der Waals surface area (Å²) < 4.78 is 116. The summed E-state index contributed by atoms with van der Waals surface area (Å²) in [5, 5.41) is 0. The zero-order valence-electron chi connectivity index (χ0n) is 9.01. The molecule has 0 bridgehead atoms. The number of hydrogen-bond acceptors (Lipinski definition) is 1. The van der Waals surface area contributed by atoms with Gasteiger partial charge in [0.25, 0.3) is 0 Å². The topological polar surface area (TPSA) is 9.23 Å². The average Bonchev–Trinajstić information content (AvgIpc) is 2.12. The molecule has 0 aromatic carbocycles. The van der Waals surface area contributed by atoms with E-state index in [1.165, 1.54) is 0 Å². The molecule has 0 aliphatic carbocycles. The van der Waals surface area contributed by atoms with Crippen molar-refractivity contribution in [3.63, 3.8) is 0 Å². The van der Waals surface area contributed by atoms with E-state index >= 15 is 0 Å². The lowest BCUT2D eigenvalue weighted by Gasteiger charge is -2.38. The van der Waals surface area contributed by atoms with Crippen molar-refractivity contribution in [1.29, 1.82) is 0 Å². The lowest BCUT2D eigenvalue weighted by atomic mass is 9.95. The molecule has 0 aromatic rings. The van der Waals surface area contributed by atoms with Crippen LogP contribution in [0.25, 0.3) is 0 Å². The third-order valence-corrected chi connectivity index (χ3v) is 2.48. The third-order valence-electron chi connectivity index (χ3n) is 2.48. The molecule has 0 amide bonds. The second-order valence-electron chi connectivity index (χ2n) is 4.04. The maximum Gasteiger partial charge on any atom is 0.460 e. The Kier molecular flexibility index (Phi) is 3.53. The molecule has 0 N–H and O–H groups in total. The summed E-state index contributed by atoms with van der Waals surface area (Å²) in [6.45, 7) is 3.11. The van der Waals surface area contributed by atoms with Gasteiger partial charge in [0.1, 0.15) is 6.10 Å². The Morgan fingerprint density at radius 1 is 0.947 bits per heavy atom. The third kappa shape index (κ3) is 2.48. The van der Waals surface area contributed by atoms with Crippen LogP contribution in [0.3, 0.4) is 0 Å². The quantitative estimate of drug-likeness (QED) is 0.709. The number of ether oxygens (including phenoxy) is 1. The molecule has 0 aromatic heterocycles. The molecule has 1 aliphatic rings. The molecule has 1 nitrogen and oxygen atoms in total. The molecule has 1 heterocycles.